The van der Waals surface area contributed by atoms with Crippen LogP contribution in [0.15, 0.2) is 35.3 Å². The summed E-state index contributed by atoms with van der Waals surface area (Å²) in [5.41, 5.74) is -1.33. The van der Waals surface area contributed by atoms with Crippen molar-refractivity contribution in [1.82, 2.24) is 9.78 Å². The van der Waals surface area contributed by atoms with Crippen LogP contribution in [0.1, 0.15) is 24.8 Å². The lowest BCUT2D eigenvalue weighted by Crippen LogP contribution is -2.26. The van der Waals surface area contributed by atoms with E-state index in [0.717, 1.165) is 36.1 Å². The van der Waals surface area contributed by atoms with E-state index in [4.69, 9.17) is 11.6 Å². The highest BCUT2D eigenvalue weighted by atomic mass is 35.5. The van der Waals surface area contributed by atoms with Crippen LogP contribution >= 0.6 is 11.6 Å². The average Bonchev–Trinajstić information content (AvgIpc) is 3.01. The van der Waals surface area contributed by atoms with Gasteiger partial charge in [-0.1, -0.05) is 24.1 Å². The molecule has 2 N–H and O–H groups in total. The summed E-state index contributed by atoms with van der Waals surface area (Å²) in [5.74, 6) is 0.0666. The van der Waals surface area contributed by atoms with Gasteiger partial charge in [-0.25, -0.2) is 0 Å². The van der Waals surface area contributed by atoms with Gasteiger partial charge in [0.05, 0.1) is 29.2 Å². The molecule has 5 nitrogen and oxygen atoms in total. The normalized spacial score (nSPS) is 20.3. The van der Waals surface area contributed by atoms with Crippen LogP contribution < -0.4 is 10.9 Å². The zero-order valence-corrected chi connectivity index (χ0v) is 14.4. The van der Waals surface area contributed by atoms with Gasteiger partial charge >= 0.3 is 6.18 Å². The summed E-state index contributed by atoms with van der Waals surface area (Å²) < 4.78 is 39.4. The lowest BCUT2D eigenvalue weighted by atomic mass is 10.1. The molecule has 3 rings (SSSR count). The molecule has 1 aromatic heterocycles. The Balaban J connectivity index is 1.85. The molecule has 0 aliphatic heterocycles. The first-order valence-electron chi connectivity index (χ1n) is 8.15. The van der Waals surface area contributed by atoms with Crippen LogP contribution in [0.5, 0.6) is 0 Å². The number of nitrogens with one attached hydrogen (secondary N) is 1. The zero-order valence-electron chi connectivity index (χ0n) is 13.6. The summed E-state index contributed by atoms with van der Waals surface area (Å²) >= 11 is 6.08. The highest BCUT2D eigenvalue weighted by Gasteiger charge is 2.31. The molecule has 0 radical (unpaired) electrons. The molecule has 2 atom stereocenters. The molecule has 140 valence electrons. The summed E-state index contributed by atoms with van der Waals surface area (Å²) in [4.78, 5) is 12.4. The average molecular weight is 388 g/mol. The topological polar surface area (TPSA) is 67.2 Å². The first-order chi connectivity index (χ1) is 12.3. The maximum Gasteiger partial charge on any atom is 0.416 e. The van der Waals surface area contributed by atoms with Gasteiger partial charge in [-0.3, -0.25) is 4.79 Å². The van der Waals surface area contributed by atoms with Crippen LogP contribution in [0.25, 0.3) is 5.69 Å². The van der Waals surface area contributed by atoms with E-state index in [1.165, 1.54) is 18.3 Å². The second kappa shape index (κ2) is 7.28. The summed E-state index contributed by atoms with van der Waals surface area (Å²) in [5, 5.41) is 16.6. The van der Waals surface area contributed by atoms with Crippen molar-refractivity contribution in [2.75, 3.05) is 11.9 Å². The van der Waals surface area contributed by atoms with Gasteiger partial charge in [0.15, 0.2) is 0 Å². The van der Waals surface area contributed by atoms with Crippen LogP contribution in [0, 0.1) is 5.92 Å². The summed E-state index contributed by atoms with van der Waals surface area (Å²) in [7, 11) is 0. The van der Waals surface area contributed by atoms with Crippen LogP contribution in [0.3, 0.4) is 0 Å². The van der Waals surface area contributed by atoms with Crippen molar-refractivity contribution in [2.45, 2.75) is 31.5 Å². The van der Waals surface area contributed by atoms with Gasteiger partial charge in [-0.05, 0) is 31.0 Å². The van der Waals surface area contributed by atoms with E-state index in [9.17, 15) is 23.1 Å². The Bertz CT molecular complexity index is 854. The van der Waals surface area contributed by atoms with Crippen molar-refractivity contribution in [3.05, 3.63) is 51.4 Å². The fourth-order valence-electron chi connectivity index (χ4n) is 3.05. The third-order valence-electron chi connectivity index (χ3n) is 4.51. The lowest BCUT2D eigenvalue weighted by Gasteiger charge is -2.17. The van der Waals surface area contributed by atoms with Crippen molar-refractivity contribution >= 4 is 17.3 Å². The number of nitrogens with zero attached hydrogens (tertiary/aromatic N) is 2. The second-order valence-electron chi connectivity index (χ2n) is 6.28. The Morgan fingerprint density at radius 1 is 1.35 bits per heavy atom. The number of aliphatic hydroxyl groups is 1. The molecule has 1 aromatic carbocycles. The number of aliphatic hydroxyl groups excluding tert-OH is 1. The Hall–Kier alpha value is -2.06. The largest absolute Gasteiger partial charge is 0.416 e. The minimum atomic E-state index is -4.52. The Morgan fingerprint density at radius 2 is 2.12 bits per heavy atom. The van der Waals surface area contributed by atoms with Gasteiger partial charge < -0.3 is 10.4 Å². The number of anilines is 1. The third kappa shape index (κ3) is 3.86. The first-order valence-corrected chi connectivity index (χ1v) is 8.52. The SMILES string of the molecule is O=c1c(Cl)c(NCC2CCCC2O)cnn1-c1cccc(C(F)(F)F)c1. The smallest absolute Gasteiger partial charge is 0.393 e. The molecular formula is C17H17ClF3N3O2. The minimum Gasteiger partial charge on any atom is -0.393 e. The van der Waals surface area contributed by atoms with Crippen molar-refractivity contribution in [3.63, 3.8) is 0 Å². The highest BCUT2D eigenvalue weighted by molar-refractivity contribution is 6.32. The van der Waals surface area contributed by atoms with E-state index in [1.54, 1.807) is 0 Å². The van der Waals surface area contributed by atoms with E-state index < -0.39 is 17.3 Å². The monoisotopic (exact) mass is 387 g/mol. The van der Waals surface area contributed by atoms with Crippen molar-refractivity contribution in [2.24, 2.45) is 5.92 Å². The molecule has 2 aromatic rings. The van der Waals surface area contributed by atoms with E-state index in [-0.39, 0.29) is 22.7 Å². The number of alkyl halides is 3. The molecule has 1 aliphatic rings. The zero-order chi connectivity index (χ0) is 18.9. The number of hydrogen-bond acceptors (Lipinski definition) is 4. The van der Waals surface area contributed by atoms with E-state index >= 15 is 0 Å². The second-order valence-corrected chi connectivity index (χ2v) is 6.65. The fraction of sp³-hybridized carbons (Fsp3) is 0.412. The molecule has 0 saturated heterocycles. The first kappa shape index (κ1) is 18.7. The van der Waals surface area contributed by atoms with Crippen molar-refractivity contribution in [1.29, 1.82) is 0 Å². The third-order valence-corrected chi connectivity index (χ3v) is 4.88. The van der Waals surface area contributed by atoms with Crippen molar-refractivity contribution < 1.29 is 18.3 Å². The highest BCUT2D eigenvalue weighted by Crippen LogP contribution is 2.30. The lowest BCUT2D eigenvalue weighted by molar-refractivity contribution is -0.137. The number of rotatable bonds is 4. The van der Waals surface area contributed by atoms with E-state index in [1.807, 2.05) is 0 Å². The molecule has 1 heterocycles. The van der Waals surface area contributed by atoms with Crippen LogP contribution in [0.4, 0.5) is 18.9 Å². The van der Waals surface area contributed by atoms with E-state index in [2.05, 4.69) is 10.4 Å². The van der Waals surface area contributed by atoms with Crippen LogP contribution in [0.2, 0.25) is 5.02 Å². The molecule has 1 fully saturated rings. The molecule has 1 saturated carbocycles. The Morgan fingerprint density at radius 3 is 2.77 bits per heavy atom. The quantitative estimate of drug-likeness (QED) is 0.843. The van der Waals surface area contributed by atoms with Gasteiger partial charge in [-0.15, -0.1) is 0 Å². The van der Waals surface area contributed by atoms with Gasteiger partial charge in [0.1, 0.15) is 5.02 Å². The summed E-state index contributed by atoms with van der Waals surface area (Å²) in [6.07, 6.45) is -1.05. The molecular weight excluding hydrogens is 371 g/mol. The predicted octanol–water partition coefficient (Wildman–Crippen LogP) is 3.48. The maximum absolute atomic E-state index is 12.8. The number of hydrogen-bond donors (Lipinski definition) is 2. The summed E-state index contributed by atoms with van der Waals surface area (Å²) in [6, 6.07) is 4.31. The molecule has 26 heavy (non-hydrogen) atoms. The molecule has 0 bridgehead atoms. The van der Waals surface area contributed by atoms with Gasteiger partial charge in [-0.2, -0.15) is 23.0 Å². The van der Waals surface area contributed by atoms with Crippen LogP contribution in [-0.2, 0) is 6.18 Å². The molecule has 9 heteroatoms. The number of benzene rings is 1. The van der Waals surface area contributed by atoms with Gasteiger partial charge in [0.2, 0.25) is 0 Å². The molecule has 0 spiro atoms. The van der Waals surface area contributed by atoms with Gasteiger partial charge in [0.25, 0.3) is 5.56 Å². The molecule has 1 aliphatic carbocycles. The molecule has 2 unspecified atom stereocenters. The standard InChI is InChI=1S/C17H17ClF3N3O2/c18-15-13(22-8-10-3-1-6-14(10)25)9-23-24(16(15)26)12-5-2-4-11(7-12)17(19,20)21/h2,4-5,7,9-10,14,22,25H,1,3,6,8H2. The van der Waals surface area contributed by atoms with E-state index in [0.29, 0.717) is 12.2 Å². The van der Waals surface area contributed by atoms with Gasteiger partial charge in [0, 0.05) is 12.5 Å². The summed E-state index contributed by atoms with van der Waals surface area (Å²) in [6.45, 7) is 0.440. The maximum atomic E-state index is 12.8. The minimum absolute atomic E-state index is 0.0236. The van der Waals surface area contributed by atoms with Crippen LogP contribution in [-0.4, -0.2) is 27.5 Å². The predicted molar refractivity (Wildman–Crippen MR) is 91.7 cm³/mol. The Kier molecular flexibility index (Phi) is 5.24. The Labute approximate surface area is 152 Å². The van der Waals surface area contributed by atoms with Crippen molar-refractivity contribution in [3.8, 4) is 5.69 Å². The fourth-order valence-corrected chi connectivity index (χ4v) is 3.25. The molecule has 0 amide bonds. The number of aromatic nitrogens is 2. The number of halogens is 4.